The largest absolute Gasteiger partial charge is 0.309 e. The maximum atomic E-state index is 13.3. The topological polar surface area (TPSA) is 36.4 Å². The van der Waals surface area contributed by atoms with E-state index in [2.05, 4.69) is 45.0 Å². The van der Waals surface area contributed by atoms with Crippen molar-refractivity contribution < 1.29 is 4.79 Å². The van der Waals surface area contributed by atoms with Crippen molar-refractivity contribution >= 4 is 44.4 Å². The minimum absolute atomic E-state index is 0.0137. The van der Waals surface area contributed by atoms with Crippen molar-refractivity contribution in [3.8, 4) is 0 Å². The lowest BCUT2D eigenvalue weighted by molar-refractivity contribution is 0.0986. The molecule has 3 aromatic rings. The van der Waals surface area contributed by atoms with Gasteiger partial charge in [-0.2, -0.15) is 0 Å². The Morgan fingerprint density at radius 3 is 2.43 bits per heavy atom. The van der Waals surface area contributed by atoms with E-state index in [0.29, 0.717) is 12.1 Å². The van der Waals surface area contributed by atoms with Crippen LogP contribution in [0.4, 0.5) is 5.13 Å². The van der Waals surface area contributed by atoms with E-state index >= 15 is 0 Å². The number of carbonyl (C=O) groups excluding carboxylic acids is 1. The molecule has 0 aliphatic heterocycles. The van der Waals surface area contributed by atoms with Crippen LogP contribution in [0.3, 0.4) is 0 Å². The highest BCUT2D eigenvalue weighted by atomic mass is 32.2. The highest BCUT2D eigenvalue weighted by Gasteiger charge is 2.22. The van der Waals surface area contributed by atoms with Gasteiger partial charge in [0.25, 0.3) is 5.91 Å². The van der Waals surface area contributed by atoms with E-state index in [0.717, 1.165) is 33.2 Å². The molecule has 28 heavy (non-hydrogen) atoms. The number of anilines is 1. The SMILES string of the molecule is CSc1ccc(C(=O)N(CCCN(C)C)c2nc3c(C)c(C)ccc3s2)cc1. The number of amides is 1. The van der Waals surface area contributed by atoms with Crippen LogP contribution in [0.15, 0.2) is 41.3 Å². The average Bonchev–Trinajstić information content (AvgIpc) is 3.12. The van der Waals surface area contributed by atoms with Gasteiger partial charge in [-0.25, -0.2) is 4.98 Å². The number of carbonyl (C=O) groups is 1. The Balaban J connectivity index is 1.96. The Bertz CT molecular complexity index is 964. The number of nitrogens with zero attached hydrogens (tertiary/aromatic N) is 3. The Morgan fingerprint density at radius 1 is 1.07 bits per heavy atom. The molecule has 4 nitrogen and oxygen atoms in total. The maximum Gasteiger partial charge on any atom is 0.260 e. The molecule has 1 aromatic heterocycles. The van der Waals surface area contributed by atoms with Gasteiger partial charge in [-0.3, -0.25) is 9.69 Å². The van der Waals surface area contributed by atoms with Crippen molar-refractivity contribution in [2.75, 3.05) is 38.3 Å². The number of thiazole rings is 1. The minimum Gasteiger partial charge on any atom is -0.309 e. The summed E-state index contributed by atoms with van der Waals surface area (Å²) in [5.41, 5.74) is 4.12. The smallest absolute Gasteiger partial charge is 0.260 e. The third kappa shape index (κ3) is 4.57. The highest BCUT2D eigenvalue weighted by Crippen LogP contribution is 2.33. The third-order valence-corrected chi connectivity index (χ3v) is 6.66. The fraction of sp³-hybridized carbons (Fsp3) is 0.364. The minimum atomic E-state index is 0.0137. The number of aryl methyl sites for hydroxylation is 2. The van der Waals surface area contributed by atoms with Crippen LogP contribution in [-0.2, 0) is 0 Å². The fourth-order valence-corrected chi connectivity index (χ4v) is 4.51. The summed E-state index contributed by atoms with van der Waals surface area (Å²) < 4.78 is 1.13. The zero-order valence-corrected chi connectivity index (χ0v) is 18.8. The highest BCUT2D eigenvalue weighted by molar-refractivity contribution is 7.98. The zero-order chi connectivity index (χ0) is 20.3. The second-order valence-corrected chi connectivity index (χ2v) is 9.08. The molecule has 1 heterocycles. The number of aromatic nitrogens is 1. The molecule has 3 rings (SSSR count). The van der Waals surface area contributed by atoms with Gasteiger partial charge in [0.05, 0.1) is 10.2 Å². The quantitative estimate of drug-likeness (QED) is 0.497. The van der Waals surface area contributed by atoms with Crippen molar-refractivity contribution in [3.05, 3.63) is 53.1 Å². The number of benzene rings is 2. The van der Waals surface area contributed by atoms with Crippen LogP contribution in [0.2, 0.25) is 0 Å². The van der Waals surface area contributed by atoms with Crippen LogP contribution in [0.1, 0.15) is 27.9 Å². The lowest BCUT2D eigenvalue weighted by Crippen LogP contribution is -2.33. The van der Waals surface area contributed by atoms with E-state index in [9.17, 15) is 4.79 Å². The summed E-state index contributed by atoms with van der Waals surface area (Å²) >= 11 is 3.27. The van der Waals surface area contributed by atoms with Crippen molar-refractivity contribution in [1.82, 2.24) is 9.88 Å². The van der Waals surface area contributed by atoms with Crippen LogP contribution in [-0.4, -0.2) is 49.2 Å². The van der Waals surface area contributed by atoms with Gasteiger partial charge >= 0.3 is 0 Å². The van der Waals surface area contributed by atoms with E-state index < -0.39 is 0 Å². The molecule has 0 aliphatic rings. The summed E-state index contributed by atoms with van der Waals surface area (Å²) in [6, 6.07) is 12.1. The Kier molecular flexibility index (Phi) is 6.75. The molecule has 0 saturated carbocycles. The van der Waals surface area contributed by atoms with Crippen LogP contribution in [0.25, 0.3) is 10.2 Å². The van der Waals surface area contributed by atoms with Crippen LogP contribution < -0.4 is 4.90 Å². The molecule has 0 spiro atoms. The van der Waals surface area contributed by atoms with Gasteiger partial charge in [0.2, 0.25) is 0 Å². The normalized spacial score (nSPS) is 11.4. The van der Waals surface area contributed by atoms with Gasteiger partial charge in [0, 0.05) is 17.0 Å². The van der Waals surface area contributed by atoms with Gasteiger partial charge < -0.3 is 4.90 Å². The first-order valence-electron chi connectivity index (χ1n) is 9.38. The van der Waals surface area contributed by atoms with E-state index in [-0.39, 0.29) is 5.91 Å². The van der Waals surface area contributed by atoms with E-state index in [1.807, 2.05) is 35.4 Å². The Labute approximate surface area is 175 Å². The number of thioether (sulfide) groups is 1. The average molecular weight is 414 g/mol. The van der Waals surface area contributed by atoms with Crippen molar-refractivity contribution in [1.29, 1.82) is 0 Å². The Hall–Kier alpha value is -1.89. The molecule has 0 radical (unpaired) electrons. The summed E-state index contributed by atoms with van der Waals surface area (Å²) in [5, 5.41) is 0.779. The molecule has 2 aromatic carbocycles. The molecule has 148 valence electrons. The third-order valence-electron chi connectivity index (χ3n) is 4.87. The summed E-state index contributed by atoms with van der Waals surface area (Å²) in [5.74, 6) is 0.0137. The van der Waals surface area contributed by atoms with E-state index in [4.69, 9.17) is 4.98 Å². The summed E-state index contributed by atoms with van der Waals surface area (Å²) in [4.78, 5) is 23.3. The standard InChI is InChI=1S/C22H27N3OS2/c1-15-7-12-19-20(16(15)2)23-22(28-19)25(14-6-13-24(3)4)21(26)17-8-10-18(27-5)11-9-17/h7-12H,6,13-14H2,1-5H3. The first-order valence-corrected chi connectivity index (χ1v) is 11.4. The van der Waals surface area contributed by atoms with Gasteiger partial charge in [-0.05, 0) is 88.6 Å². The van der Waals surface area contributed by atoms with Crippen molar-refractivity contribution in [2.24, 2.45) is 0 Å². The number of hydrogen-bond donors (Lipinski definition) is 0. The fourth-order valence-electron chi connectivity index (χ4n) is 3.05. The first kappa shape index (κ1) is 20.8. The second-order valence-electron chi connectivity index (χ2n) is 7.19. The molecule has 0 fully saturated rings. The predicted molar refractivity (Wildman–Crippen MR) is 122 cm³/mol. The molecule has 1 amide bonds. The number of fused-ring (bicyclic) bond motifs is 1. The van der Waals surface area contributed by atoms with Crippen LogP contribution in [0.5, 0.6) is 0 Å². The monoisotopic (exact) mass is 413 g/mol. The van der Waals surface area contributed by atoms with Crippen LogP contribution >= 0.6 is 23.1 Å². The maximum absolute atomic E-state index is 13.3. The molecule has 0 aliphatic carbocycles. The molecular formula is C22H27N3OS2. The predicted octanol–water partition coefficient (Wildman–Crippen LogP) is 5.23. The van der Waals surface area contributed by atoms with Gasteiger partial charge in [0.1, 0.15) is 0 Å². The molecule has 0 N–H and O–H groups in total. The first-order chi connectivity index (χ1) is 13.4. The molecule has 0 bridgehead atoms. The van der Waals surface area contributed by atoms with E-state index in [1.165, 1.54) is 11.1 Å². The van der Waals surface area contributed by atoms with Gasteiger partial charge in [-0.15, -0.1) is 11.8 Å². The van der Waals surface area contributed by atoms with Gasteiger partial charge in [-0.1, -0.05) is 17.4 Å². The lowest BCUT2D eigenvalue weighted by Gasteiger charge is -2.21. The summed E-state index contributed by atoms with van der Waals surface area (Å²) in [6.07, 6.45) is 2.94. The number of rotatable bonds is 7. The Morgan fingerprint density at radius 2 is 1.79 bits per heavy atom. The number of hydrogen-bond acceptors (Lipinski definition) is 5. The zero-order valence-electron chi connectivity index (χ0n) is 17.2. The lowest BCUT2D eigenvalue weighted by atomic mass is 10.1. The molecule has 0 atom stereocenters. The summed E-state index contributed by atoms with van der Waals surface area (Å²) in [7, 11) is 4.11. The van der Waals surface area contributed by atoms with Crippen LogP contribution in [0, 0.1) is 13.8 Å². The molecule has 6 heteroatoms. The van der Waals surface area contributed by atoms with Crippen molar-refractivity contribution in [3.63, 3.8) is 0 Å². The molecule has 0 unspecified atom stereocenters. The van der Waals surface area contributed by atoms with Crippen molar-refractivity contribution in [2.45, 2.75) is 25.2 Å². The molecule has 0 saturated heterocycles. The second kappa shape index (κ2) is 9.07. The molecular weight excluding hydrogens is 386 g/mol. The van der Waals surface area contributed by atoms with Gasteiger partial charge in [0.15, 0.2) is 5.13 Å². The summed E-state index contributed by atoms with van der Waals surface area (Å²) in [6.45, 7) is 5.78. The van der Waals surface area contributed by atoms with E-state index in [1.54, 1.807) is 23.1 Å².